The molecule has 4 aliphatic heterocycles. The van der Waals surface area contributed by atoms with Crippen molar-refractivity contribution in [1.82, 2.24) is 20.9 Å². The standard InChI is InChI=1S/C51H70N4O17/c1-7-32-19-21-34(53-47(60)64-25-30-15-11-9-12-16-30)43(66-32)69-40-29(3)23-36(52-46(59)51(63)27-55(28-51)49(62)72-50(4,5)6)38(57)42(40)71-45-39(58)41(37(24-56)68-45)70-44-35(22-20-33(8-2)67-44)54-48(61)65-26-31-17-13-10-14-18-31/h9-22,29,32-45,56-58,63H,7-8,23-28H2,1-6H3,(H,52,59)(H,53,60)(H,54,61). The second-order valence-electron chi connectivity index (χ2n) is 19.8. The Labute approximate surface area is 419 Å². The third-order valence-electron chi connectivity index (χ3n) is 13.0. The number of carbonyl (C=O) groups is 4. The summed E-state index contributed by atoms with van der Waals surface area (Å²) < 4.78 is 54.5. The lowest BCUT2D eigenvalue weighted by atomic mass is 9.79. The molecular formula is C51H70N4O17. The van der Waals surface area contributed by atoms with Gasteiger partial charge >= 0.3 is 18.3 Å². The molecule has 4 heterocycles. The van der Waals surface area contributed by atoms with Gasteiger partial charge in [-0.2, -0.15) is 0 Å². The summed E-state index contributed by atoms with van der Waals surface area (Å²) >= 11 is 0. The smallest absolute Gasteiger partial charge is 0.410 e. The summed E-state index contributed by atoms with van der Waals surface area (Å²) in [6.45, 7) is 9.30. The minimum absolute atomic E-state index is 0.000582. The van der Waals surface area contributed by atoms with Crippen LogP contribution in [-0.2, 0) is 60.6 Å². The number of amides is 4. The van der Waals surface area contributed by atoms with E-state index in [1.165, 1.54) is 4.90 Å². The summed E-state index contributed by atoms with van der Waals surface area (Å²) in [7, 11) is 0. The molecule has 72 heavy (non-hydrogen) atoms. The zero-order chi connectivity index (χ0) is 51.7. The van der Waals surface area contributed by atoms with Crippen molar-refractivity contribution >= 4 is 24.2 Å². The highest BCUT2D eigenvalue weighted by Gasteiger charge is 2.56. The molecule has 21 heteroatoms. The van der Waals surface area contributed by atoms with Crippen LogP contribution < -0.4 is 16.0 Å². The summed E-state index contributed by atoms with van der Waals surface area (Å²) in [5, 5.41) is 54.4. The van der Waals surface area contributed by atoms with E-state index in [0.717, 1.165) is 11.1 Å². The number of carbonyl (C=O) groups excluding carboxylic acids is 4. The molecule has 396 valence electrons. The Morgan fingerprint density at radius 3 is 1.68 bits per heavy atom. The van der Waals surface area contributed by atoms with Crippen LogP contribution >= 0.6 is 0 Å². The SMILES string of the molecule is CCC1C=CC(NC(=O)OCc2ccccc2)C(OC2C(CO)OC(OC3C(O)C(NC(=O)C4(O)CN(C(=O)OC(C)(C)C)C4)CC(C)C3OC3OC(CC)C=CC3NC(=O)OCc3ccccc3)C2O)O1. The lowest BCUT2D eigenvalue weighted by Crippen LogP contribution is -2.72. The van der Waals surface area contributed by atoms with Gasteiger partial charge in [-0.05, 0) is 57.1 Å². The predicted octanol–water partition coefficient (Wildman–Crippen LogP) is 3.06. The topological polar surface area (TPSA) is 272 Å². The monoisotopic (exact) mass is 1010 g/mol. The number of alkyl carbamates (subject to hydrolysis) is 2. The van der Waals surface area contributed by atoms with Gasteiger partial charge in [0.2, 0.25) is 0 Å². The molecule has 7 rings (SSSR count). The van der Waals surface area contributed by atoms with Gasteiger partial charge < -0.3 is 83.9 Å². The van der Waals surface area contributed by atoms with Crippen LogP contribution in [0.4, 0.5) is 14.4 Å². The molecule has 5 aliphatic rings. The number of β-amino-alcohol motifs (C(OH)–C–C–N with tert-alkyl or cyclic N) is 1. The van der Waals surface area contributed by atoms with E-state index in [-0.39, 0.29) is 32.7 Å². The van der Waals surface area contributed by atoms with Gasteiger partial charge in [-0.15, -0.1) is 0 Å². The van der Waals surface area contributed by atoms with Crippen molar-refractivity contribution in [2.24, 2.45) is 5.92 Å². The maximum atomic E-state index is 13.8. The Kier molecular flexibility index (Phi) is 18.4. The summed E-state index contributed by atoms with van der Waals surface area (Å²) in [4.78, 5) is 53.8. The van der Waals surface area contributed by atoms with E-state index in [4.69, 9.17) is 42.6 Å². The van der Waals surface area contributed by atoms with Crippen molar-refractivity contribution < 1.29 is 82.2 Å². The first kappa shape index (κ1) is 54.6. The van der Waals surface area contributed by atoms with Crippen molar-refractivity contribution in [3.63, 3.8) is 0 Å². The number of hydrogen-bond donors (Lipinski definition) is 7. The van der Waals surface area contributed by atoms with E-state index in [9.17, 15) is 39.6 Å². The third kappa shape index (κ3) is 13.9. The van der Waals surface area contributed by atoms with E-state index in [2.05, 4.69) is 16.0 Å². The fraction of sp³-hybridized carbons (Fsp3) is 0.608. The second-order valence-corrected chi connectivity index (χ2v) is 19.8. The lowest BCUT2D eigenvalue weighted by molar-refractivity contribution is -0.287. The molecule has 1 saturated carbocycles. The minimum Gasteiger partial charge on any atom is -0.445 e. The van der Waals surface area contributed by atoms with Crippen LogP contribution in [0.5, 0.6) is 0 Å². The minimum atomic E-state index is -2.00. The molecule has 1 aliphatic carbocycles. The summed E-state index contributed by atoms with van der Waals surface area (Å²) in [6.07, 6.45) is -7.21. The second kappa shape index (κ2) is 24.2. The molecular weight excluding hydrogens is 941 g/mol. The molecule has 21 nitrogen and oxygen atoms in total. The normalized spacial score (nSPS) is 33.0. The third-order valence-corrected chi connectivity index (χ3v) is 13.0. The zero-order valence-corrected chi connectivity index (χ0v) is 41.4. The highest BCUT2D eigenvalue weighted by Crippen LogP contribution is 2.37. The van der Waals surface area contributed by atoms with Gasteiger partial charge in [0.05, 0.1) is 44.1 Å². The van der Waals surface area contributed by atoms with Crippen LogP contribution in [0.1, 0.15) is 71.9 Å². The Balaban J connectivity index is 1.09. The zero-order valence-electron chi connectivity index (χ0n) is 41.4. The summed E-state index contributed by atoms with van der Waals surface area (Å²) in [6, 6.07) is 15.4. The van der Waals surface area contributed by atoms with Crippen LogP contribution in [0.15, 0.2) is 85.0 Å². The number of nitrogens with zero attached hydrogens (tertiary/aromatic N) is 1. The summed E-state index contributed by atoms with van der Waals surface area (Å²) in [5.74, 6) is -1.43. The van der Waals surface area contributed by atoms with Crippen LogP contribution in [0, 0.1) is 5.92 Å². The van der Waals surface area contributed by atoms with Crippen LogP contribution in [0.3, 0.4) is 0 Å². The number of rotatable bonds is 17. The predicted molar refractivity (Wildman–Crippen MR) is 254 cm³/mol. The van der Waals surface area contributed by atoms with Crippen molar-refractivity contribution in [1.29, 1.82) is 0 Å². The molecule has 2 saturated heterocycles. The molecule has 3 fully saturated rings. The number of aliphatic hydroxyl groups is 4. The molecule has 0 bridgehead atoms. The highest BCUT2D eigenvalue weighted by molar-refractivity contribution is 5.89. The van der Waals surface area contributed by atoms with Crippen LogP contribution in [0.25, 0.3) is 0 Å². The molecule has 15 unspecified atom stereocenters. The Morgan fingerprint density at radius 1 is 0.694 bits per heavy atom. The molecule has 2 aromatic carbocycles. The number of hydrogen-bond acceptors (Lipinski definition) is 17. The number of ether oxygens (including phenoxy) is 9. The van der Waals surface area contributed by atoms with Crippen LogP contribution in [0.2, 0.25) is 0 Å². The Bertz CT molecular complexity index is 2170. The van der Waals surface area contributed by atoms with Gasteiger partial charge in [-0.25, -0.2) is 14.4 Å². The van der Waals surface area contributed by atoms with E-state index in [1.54, 1.807) is 52.0 Å². The first-order valence-corrected chi connectivity index (χ1v) is 24.6. The number of nitrogens with one attached hydrogen (secondary N) is 3. The molecule has 0 radical (unpaired) electrons. The van der Waals surface area contributed by atoms with Crippen molar-refractivity contribution in [3.05, 3.63) is 96.1 Å². The van der Waals surface area contributed by atoms with E-state index < -0.39 is 134 Å². The molecule has 2 aromatic rings. The van der Waals surface area contributed by atoms with E-state index >= 15 is 0 Å². The average Bonchev–Trinajstić information content (AvgIpc) is 3.64. The molecule has 15 atom stereocenters. The molecule has 4 amide bonds. The van der Waals surface area contributed by atoms with Gasteiger partial charge in [0.25, 0.3) is 5.91 Å². The van der Waals surface area contributed by atoms with Crippen molar-refractivity contribution in [3.8, 4) is 0 Å². The van der Waals surface area contributed by atoms with Crippen molar-refractivity contribution in [2.75, 3.05) is 19.7 Å². The average molecular weight is 1010 g/mol. The largest absolute Gasteiger partial charge is 0.445 e. The molecule has 0 spiro atoms. The van der Waals surface area contributed by atoms with Gasteiger partial charge in [0, 0.05) is 0 Å². The number of aliphatic hydroxyl groups excluding tert-OH is 3. The quantitative estimate of drug-likeness (QED) is 0.0887. The first-order chi connectivity index (χ1) is 34.4. The van der Waals surface area contributed by atoms with Crippen molar-refractivity contribution in [2.45, 2.75) is 171 Å². The van der Waals surface area contributed by atoms with Crippen LogP contribution in [-0.4, -0.2) is 166 Å². The number of benzene rings is 2. The fourth-order valence-electron chi connectivity index (χ4n) is 9.02. The van der Waals surface area contributed by atoms with Gasteiger partial charge in [0.15, 0.2) is 24.5 Å². The fourth-order valence-corrected chi connectivity index (χ4v) is 9.02. The Morgan fingerprint density at radius 2 is 1.19 bits per heavy atom. The Hall–Kier alpha value is -5.20. The van der Waals surface area contributed by atoms with Gasteiger partial charge in [-0.3, -0.25) is 4.79 Å². The number of likely N-dealkylation sites (tertiary alicyclic amines) is 1. The maximum absolute atomic E-state index is 13.8. The summed E-state index contributed by atoms with van der Waals surface area (Å²) in [5.41, 5.74) is -1.26. The van der Waals surface area contributed by atoms with Gasteiger partial charge in [-0.1, -0.05) is 106 Å². The molecule has 0 aromatic heterocycles. The highest BCUT2D eigenvalue weighted by atomic mass is 16.8. The molecule has 7 N–H and O–H groups in total. The first-order valence-electron chi connectivity index (χ1n) is 24.6. The van der Waals surface area contributed by atoms with E-state index in [0.29, 0.717) is 12.8 Å². The van der Waals surface area contributed by atoms with E-state index in [1.807, 2.05) is 74.5 Å². The maximum Gasteiger partial charge on any atom is 0.410 e. The van der Waals surface area contributed by atoms with Gasteiger partial charge in [0.1, 0.15) is 61.4 Å². The lowest BCUT2D eigenvalue weighted by Gasteiger charge is -2.48.